The van der Waals surface area contributed by atoms with Crippen LogP contribution in [0.1, 0.15) is 32.8 Å². The number of ketones is 1. The minimum absolute atomic E-state index is 0.0945. The molecule has 3 heteroatoms. The highest BCUT2D eigenvalue weighted by molar-refractivity contribution is 6.31. The Hall–Kier alpha value is -2.06. The van der Waals surface area contributed by atoms with Crippen LogP contribution in [-0.4, -0.2) is 5.78 Å². The van der Waals surface area contributed by atoms with Crippen molar-refractivity contribution >= 4 is 28.4 Å². The molecule has 3 rings (SSSR count). The molecule has 0 spiro atoms. The fraction of sp³-hybridized carbons (Fsp3) is 0.167. The lowest BCUT2D eigenvalue weighted by Gasteiger charge is -2.03. The molecule has 0 saturated carbocycles. The van der Waals surface area contributed by atoms with Crippen molar-refractivity contribution in [3.05, 3.63) is 69.4 Å². The Morgan fingerprint density at radius 2 is 1.76 bits per heavy atom. The second kappa shape index (κ2) is 5.05. The number of carbonyl (C=O) groups excluding carboxylic acids is 1. The maximum Gasteiger partial charge on any atom is 0.228 e. The van der Waals surface area contributed by atoms with E-state index in [1.165, 1.54) is 5.56 Å². The van der Waals surface area contributed by atoms with Gasteiger partial charge in [0.05, 0.1) is 0 Å². The standard InChI is InChI=1S/C18H15ClO2/c1-10-4-5-13(8-11(10)2)17(20)18-12(3)15-9-14(19)6-7-16(15)21-18/h4-9H,1-3H3. The maximum atomic E-state index is 12.7. The van der Waals surface area contributed by atoms with Crippen LogP contribution >= 0.6 is 11.6 Å². The fourth-order valence-electron chi connectivity index (χ4n) is 2.42. The largest absolute Gasteiger partial charge is 0.452 e. The fourth-order valence-corrected chi connectivity index (χ4v) is 2.60. The zero-order valence-corrected chi connectivity index (χ0v) is 12.9. The van der Waals surface area contributed by atoms with Gasteiger partial charge < -0.3 is 4.42 Å². The molecule has 0 saturated heterocycles. The Labute approximate surface area is 128 Å². The van der Waals surface area contributed by atoms with E-state index in [1.54, 1.807) is 12.1 Å². The topological polar surface area (TPSA) is 30.2 Å². The molecule has 21 heavy (non-hydrogen) atoms. The molecular formula is C18H15ClO2. The van der Waals surface area contributed by atoms with Crippen molar-refractivity contribution in [1.29, 1.82) is 0 Å². The zero-order chi connectivity index (χ0) is 15.1. The van der Waals surface area contributed by atoms with Gasteiger partial charge in [-0.25, -0.2) is 0 Å². The Balaban J connectivity index is 2.13. The number of carbonyl (C=O) groups is 1. The summed E-state index contributed by atoms with van der Waals surface area (Å²) >= 11 is 6.01. The first-order valence-electron chi connectivity index (χ1n) is 6.78. The molecule has 0 amide bonds. The third-order valence-corrected chi connectivity index (χ3v) is 4.11. The van der Waals surface area contributed by atoms with E-state index in [0.717, 1.165) is 16.5 Å². The van der Waals surface area contributed by atoms with Crippen LogP contribution in [0.5, 0.6) is 0 Å². The Kier molecular flexibility index (Phi) is 3.34. The van der Waals surface area contributed by atoms with E-state index >= 15 is 0 Å². The second-order valence-corrected chi connectivity index (χ2v) is 5.76. The van der Waals surface area contributed by atoms with Gasteiger partial charge in [0, 0.05) is 21.5 Å². The summed E-state index contributed by atoms with van der Waals surface area (Å²) in [5.74, 6) is 0.290. The van der Waals surface area contributed by atoms with E-state index in [1.807, 2.05) is 45.0 Å². The van der Waals surface area contributed by atoms with E-state index in [2.05, 4.69) is 0 Å². The van der Waals surface area contributed by atoms with Crippen molar-refractivity contribution in [3.8, 4) is 0 Å². The number of rotatable bonds is 2. The van der Waals surface area contributed by atoms with Crippen molar-refractivity contribution in [3.63, 3.8) is 0 Å². The minimum atomic E-state index is -0.0945. The van der Waals surface area contributed by atoms with Gasteiger partial charge in [-0.1, -0.05) is 23.7 Å². The van der Waals surface area contributed by atoms with Gasteiger partial charge in [-0.05, 0) is 56.2 Å². The minimum Gasteiger partial charge on any atom is -0.452 e. The quantitative estimate of drug-likeness (QED) is 0.605. The molecule has 0 aliphatic heterocycles. The maximum absolute atomic E-state index is 12.7. The summed E-state index contributed by atoms with van der Waals surface area (Å²) in [5, 5.41) is 1.52. The van der Waals surface area contributed by atoms with Crippen molar-refractivity contribution in [2.75, 3.05) is 0 Å². The predicted octanol–water partition coefficient (Wildman–Crippen LogP) is 5.24. The first-order chi connectivity index (χ1) is 9.97. The van der Waals surface area contributed by atoms with Crippen LogP contribution < -0.4 is 0 Å². The van der Waals surface area contributed by atoms with Crippen LogP contribution in [0.3, 0.4) is 0 Å². The van der Waals surface area contributed by atoms with E-state index in [0.29, 0.717) is 21.9 Å². The number of benzene rings is 2. The molecule has 1 heterocycles. The van der Waals surface area contributed by atoms with Gasteiger partial charge in [0.15, 0.2) is 5.76 Å². The first-order valence-corrected chi connectivity index (χ1v) is 7.16. The number of fused-ring (bicyclic) bond motifs is 1. The van der Waals surface area contributed by atoms with Crippen LogP contribution in [0.4, 0.5) is 0 Å². The Bertz CT molecular complexity index is 859. The van der Waals surface area contributed by atoms with Crippen LogP contribution in [0.15, 0.2) is 40.8 Å². The van der Waals surface area contributed by atoms with Gasteiger partial charge >= 0.3 is 0 Å². The smallest absolute Gasteiger partial charge is 0.228 e. The lowest BCUT2D eigenvalue weighted by Crippen LogP contribution is -2.02. The summed E-state index contributed by atoms with van der Waals surface area (Å²) in [6, 6.07) is 11.1. The van der Waals surface area contributed by atoms with Crippen LogP contribution in [0.2, 0.25) is 5.02 Å². The highest BCUT2D eigenvalue weighted by Gasteiger charge is 2.19. The SMILES string of the molecule is Cc1ccc(C(=O)c2oc3ccc(Cl)cc3c2C)cc1C. The molecule has 2 nitrogen and oxygen atoms in total. The number of hydrogen-bond donors (Lipinski definition) is 0. The highest BCUT2D eigenvalue weighted by Crippen LogP contribution is 2.29. The van der Waals surface area contributed by atoms with Crippen LogP contribution in [0, 0.1) is 20.8 Å². The summed E-state index contributed by atoms with van der Waals surface area (Å²) in [6.45, 7) is 5.91. The molecule has 0 unspecified atom stereocenters. The van der Waals surface area contributed by atoms with Gasteiger partial charge in [-0.15, -0.1) is 0 Å². The molecule has 1 aromatic heterocycles. The van der Waals surface area contributed by atoms with Crippen molar-refractivity contribution < 1.29 is 9.21 Å². The summed E-state index contributed by atoms with van der Waals surface area (Å²) in [7, 11) is 0. The van der Waals surface area contributed by atoms with Gasteiger partial charge in [0.1, 0.15) is 5.58 Å². The van der Waals surface area contributed by atoms with Gasteiger partial charge in [0.2, 0.25) is 5.78 Å². The Morgan fingerprint density at radius 3 is 2.48 bits per heavy atom. The summed E-state index contributed by atoms with van der Waals surface area (Å²) in [5.41, 5.74) is 4.42. The van der Waals surface area contributed by atoms with Crippen molar-refractivity contribution in [2.24, 2.45) is 0 Å². The monoisotopic (exact) mass is 298 g/mol. The van der Waals surface area contributed by atoms with E-state index in [9.17, 15) is 4.79 Å². The lowest BCUT2D eigenvalue weighted by molar-refractivity contribution is 0.101. The van der Waals surface area contributed by atoms with Crippen molar-refractivity contribution in [2.45, 2.75) is 20.8 Å². The normalized spacial score (nSPS) is 11.0. The molecule has 2 aromatic carbocycles. The zero-order valence-electron chi connectivity index (χ0n) is 12.2. The van der Waals surface area contributed by atoms with Crippen LogP contribution in [-0.2, 0) is 0 Å². The molecule has 0 N–H and O–H groups in total. The second-order valence-electron chi connectivity index (χ2n) is 5.32. The average Bonchev–Trinajstić information content (AvgIpc) is 2.78. The van der Waals surface area contributed by atoms with Gasteiger partial charge in [-0.2, -0.15) is 0 Å². The summed E-state index contributed by atoms with van der Waals surface area (Å²) in [6.07, 6.45) is 0. The molecule has 0 aliphatic carbocycles. The van der Waals surface area contributed by atoms with Crippen molar-refractivity contribution in [1.82, 2.24) is 0 Å². The number of aryl methyl sites for hydroxylation is 3. The molecule has 0 aliphatic rings. The number of halogens is 1. The number of furan rings is 1. The lowest BCUT2D eigenvalue weighted by atomic mass is 10.0. The van der Waals surface area contributed by atoms with E-state index < -0.39 is 0 Å². The molecular weight excluding hydrogens is 284 g/mol. The first kappa shape index (κ1) is 13.9. The van der Waals surface area contributed by atoms with Crippen LogP contribution in [0.25, 0.3) is 11.0 Å². The molecule has 106 valence electrons. The summed E-state index contributed by atoms with van der Waals surface area (Å²) in [4.78, 5) is 12.7. The van der Waals surface area contributed by atoms with Gasteiger partial charge in [0.25, 0.3) is 0 Å². The number of hydrogen-bond acceptors (Lipinski definition) is 2. The predicted molar refractivity (Wildman–Crippen MR) is 85.3 cm³/mol. The summed E-state index contributed by atoms with van der Waals surface area (Å²) < 4.78 is 5.73. The van der Waals surface area contributed by atoms with E-state index in [-0.39, 0.29) is 5.78 Å². The Morgan fingerprint density at radius 1 is 1.00 bits per heavy atom. The highest BCUT2D eigenvalue weighted by atomic mass is 35.5. The molecule has 0 bridgehead atoms. The molecule has 0 fully saturated rings. The van der Waals surface area contributed by atoms with E-state index in [4.69, 9.17) is 16.0 Å². The third kappa shape index (κ3) is 2.36. The van der Waals surface area contributed by atoms with Gasteiger partial charge in [-0.3, -0.25) is 4.79 Å². The third-order valence-electron chi connectivity index (χ3n) is 3.87. The molecule has 0 atom stereocenters. The molecule has 3 aromatic rings. The average molecular weight is 299 g/mol. The molecule has 0 radical (unpaired) electrons.